The summed E-state index contributed by atoms with van der Waals surface area (Å²) in [6, 6.07) is 13.1. The van der Waals surface area contributed by atoms with Crippen molar-refractivity contribution in [3.8, 4) is 11.5 Å². The van der Waals surface area contributed by atoms with Gasteiger partial charge >= 0.3 is 0 Å². The van der Waals surface area contributed by atoms with Crippen molar-refractivity contribution in [1.29, 1.82) is 0 Å². The van der Waals surface area contributed by atoms with Crippen LogP contribution in [0.3, 0.4) is 0 Å². The number of carbonyl (C=O) groups excluding carboxylic acids is 1. The summed E-state index contributed by atoms with van der Waals surface area (Å²) >= 11 is 6.02. The number of carbonyl (C=O) groups is 1. The maximum Gasteiger partial charge on any atom is 0.261 e. The van der Waals surface area contributed by atoms with E-state index in [4.69, 9.17) is 21.1 Å². The molecule has 1 unspecified atom stereocenters. The van der Waals surface area contributed by atoms with E-state index in [9.17, 15) is 4.79 Å². The summed E-state index contributed by atoms with van der Waals surface area (Å²) in [5, 5.41) is 3.60. The molecule has 0 radical (unpaired) electrons. The van der Waals surface area contributed by atoms with Gasteiger partial charge in [0.15, 0.2) is 6.10 Å². The number of aryl methyl sites for hydroxylation is 1. The van der Waals surface area contributed by atoms with E-state index in [2.05, 4.69) is 5.32 Å². The molecule has 5 heteroatoms. The lowest BCUT2D eigenvalue weighted by molar-refractivity contribution is -0.128. The van der Waals surface area contributed by atoms with Crippen LogP contribution < -0.4 is 14.8 Å². The molecule has 0 saturated heterocycles. The molecule has 0 spiro atoms. The van der Waals surface area contributed by atoms with Crippen molar-refractivity contribution >= 4 is 17.5 Å². The first kappa shape index (κ1) is 19.1. The minimum atomic E-state index is -0.539. The van der Waals surface area contributed by atoms with Crippen LogP contribution in [0, 0.1) is 6.92 Å². The lowest BCUT2D eigenvalue weighted by Gasteiger charge is -2.18. The molecule has 25 heavy (non-hydrogen) atoms. The second-order valence-electron chi connectivity index (χ2n) is 5.72. The molecule has 0 aliphatic heterocycles. The topological polar surface area (TPSA) is 47.6 Å². The van der Waals surface area contributed by atoms with Gasteiger partial charge in [0, 0.05) is 11.6 Å². The average molecular weight is 362 g/mol. The minimum Gasteiger partial charge on any atom is -0.494 e. The highest BCUT2D eigenvalue weighted by molar-refractivity contribution is 6.31. The summed E-state index contributed by atoms with van der Waals surface area (Å²) in [4.78, 5) is 12.4. The fourth-order valence-corrected chi connectivity index (χ4v) is 2.47. The molecule has 4 nitrogen and oxygen atoms in total. The summed E-state index contributed by atoms with van der Waals surface area (Å²) < 4.78 is 11.2. The Labute approximate surface area is 154 Å². The smallest absolute Gasteiger partial charge is 0.261 e. The molecule has 2 aromatic rings. The van der Waals surface area contributed by atoms with Gasteiger partial charge in [-0.15, -0.1) is 0 Å². The summed E-state index contributed by atoms with van der Waals surface area (Å²) in [6.07, 6.45) is 0.0415. The highest BCUT2D eigenvalue weighted by atomic mass is 35.5. The van der Waals surface area contributed by atoms with Gasteiger partial charge in [0.25, 0.3) is 5.91 Å². The SMILES string of the molecule is CCOc1ccc(CNC(=O)C(CC)Oc2ccc(Cl)c(C)c2)cc1. The zero-order valence-electron chi connectivity index (χ0n) is 14.8. The third kappa shape index (κ3) is 5.68. The van der Waals surface area contributed by atoms with Crippen molar-refractivity contribution in [2.75, 3.05) is 6.61 Å². The lowest BCUT2D eigenvalue weighted by atomic mass is 10.2. The first-order valence-corrected chi connectivity index (χ1v) is 8.83. The molecule has 1 amide bonds. The lowest BCUT2D eigenvalue weighted by Crippen LogP contribution is -2.37. The van der Waals surface area contributed by atoms with Gasteiger partial charge < -0.3 is 14.8 Å². The van der Waals surface area contributed by atoms with Gasteiger partial charge in [-0.25, -0.2) is 0 Å². The molecule has 0 fully saturated rings. The molecule has 0 bridgehead atoms. The summed E-state index contributed by atoms with van der Waals surface area (Å²) in [6.45, 7) is 6.85. The van der Waals surface area contributed by atoms with E-state index in [0.29, 0.717) is 30.3 Å². The molecular formula is C20H24ClNO3. The van der Waals surface area contributed by atoms with Gasteiger partial charge in [-0.1, -0.05) is 30.7 Å². The molecule has 0 aliphatic rings. The van der Waals surface area contributed by atoms with Gasteiger partial charge in [0.05, 0.1) is 6.61 Å². The Morgan fingerprint density at radius 3 is 2.40 bits per heavy atom. The van der Waals surface area contributed by atoms with Crippen LogP contribution in [0.5, 0.6) is 11.5 Å². The molecule has 0 saturated carbocycles. The molecule has 0 aromatic heterocycles. The van der Waals surface area contributed by atoms with Crippen LogP contribution in [0.25, 0.3) is 0 Å². The third-order valence-electron chi connectivity index (χ3n) is 3.77. The Bertz CT molecular complexity index is 701. The molecule has 2 aromatic carbocycles. The van der Waals surface area contributed by atoms with Crippen LogP contribution in [0.4, 0.5) is 0 Å². The Kier molecular flexibility index (Phi) is 7.14. The monoisotopic (exact) mass is 361 g/mol. The first-order chi connectivity index (χ1) is 12.0. The fraction of sp³-hybridized carbons (Fsp3) is 0.350. The zero-order chi connectivity index (χ0) is 18.2. The van der Waals surface area contributed by atoms with Crippen LogP contribution in [0.2, 0.25) is 5.02 Å². The highest BCUT2D eigenvalue weighted by Crippen LogP contribution is 2.22. The summed E-state index contributed by atoms with van der Waals surface area (Å²) in [5.41, 5.74) is 1.93. The highest BCUT2D eigenvalue weighted by Gasteiger charge is 2.18. The molecule has 1 N–H and O–H groups in total. The van der Waals surface area contributed by atoms with E-state index in [-0.39, 0.29) is 5.91 Å². The third-order valence-corrected chi connectivity index (χ3v) is 4.20. The zero-order valence-corrected chi connectivity index (χ0v) is 15.6. The quantitative estimate of drug-likeness (QED) is 0.751. The number of hydrogen-bond acceptors (Lipinski definition) is 3. The van der Waals surface area contributed by atoms with Crippen molar-refractivity contribution in [2.24, 2.45) is 0 Å². The van der Waals surface area contributed by atoms with Crippen LogP contribution in [0.1, 0.15) is 31.4 Å². The van der Waals surface area contributed by atoms with E-state index in [1.165, 1.54) is 0 Å². The largest absolute Gasteiger partial charge is 0.494 e. The molecular weight excluding hydrogens is 338 g/mol. The Balaban J connectivity index is 1.91. The van der Waals surface area contributed by atoms with Crippen molar-refractivity contribution in [3.63, 3.8) is 0 Å². The molecule has 1 atom stereocenters. The number of rotatable bonds is 8. The Morgan fingerprint density at radius 2 is 1.80 bits per heavy atom. The van der Waals surface area contributed by atoms with Crippen LogP contribution >= 0.6 is 11.6 Å². The molecule has 0 heterocycles. The second kappa shape index (κ2) is 9.33. The average Bonchev–Trinajstić information content (AvgIpc) is 2.62. The van der Waals surface area contributed by atoms with Crippen LogP contribution in [-0.2, 0) is 11.3 Å². The van der Waals surface area contributed by atoms with Gasteiger partial charge in [-0.2, -0.15) is 0 Å². The van der Waals surface area contributed by atoms with E-state index < -0.39 is 6.10 Å². The Morgan fingerprint density at radius 1 is 1.12 bits per heavy atom. The molecule has 134 valence electrons. The van der Waals surface area contributed by atoms with Gasteiger partial charge in [-0.05, 0) is 61.7 Å². The second-order valence-corrected chi connectivity index (χ2v) is 6.13. The summed E-state index contributed by atoms with van der Waals surface area (Å²) in [5.74, 6) is 1.33. The number of halogens is 1. The van der Waals surface area contributed by atoms with Gasteiger partial charge in [0.1, 0.15) is 11.5 Å². The van der Waals surface area contributed by atoms with Crippen molar-refractivity contribution in [2.45, 2.75) is 39.8 Å². The number of benzene rings is 2. The van der Waals surface area contributed by atoms with E-state index >= 15 is 0 Å². The van der Waals surface area contributed by atoms with E-state index in [1.807, 2.05) is 51.1 Å². The first-order valence-electron chi connectivity index (χ1n) is 8.45. The van der Waals surface area contributed by atoms with E-state index in [0.717, 1.165) is 16.9 Å². The predicted molar refractivity (Wildman–Crippen MR) is 100 cm³/mol. The van der Waals surface area contributed by atoms with Crippen molar-refractivity contribution in [3.05, 3.63) is 58.6 Å². The molecule has 0 aliphatic carbocycles. The Hall–Kier alpha value is -2.20. The number of amides is 1. The predicted octanol–water partition coefficient (Wildman–Crippen LogP) is 4.52. The van der Waals surface area contributed by atoms with Crippen molar-refractivity contribution in [1.82, 2.24) is 5.32 Å². The minimum absolute atomic E-state index is 0.135. The maximum absolute atomic E-state index is 12.4. The number of ether oxygens (including phenoxy) is 2. The summed E-state index contributed by atoms with van der Waals surface area (Å²) in [7, 11) is 0. The standard InChI is InChI=1S/C20H24ClNO3/c1-4-19(25-17-10-11-18(21)14(3)12-17)20(23)22-13-15-6-8-16(9-7-15)24-5-2/h6-12,19H,4-5,13H2,1-3H3,(H,22,23). The fourth-order valence-electron chi connectivity index (χ4n) is 2.35. The van der Waals surface area contributed by atoms with E-state index in [1.54, 1.807) is 12.1 Å². The normalized spacial score (nSPS) is 11.7. The number of hydrogen-bond donors (Lipinski definition) is 1. The van der Waals surface area contributed by atoms with Gasteiger partial charge in [-0.3, -0.25) is 4.79 Å². The maximum atomic E-state index is 12.4. The molecule has 2 rings (SSSR count). The van der Waals surface area contributed by atoms with Crippen LogP contribution in [0.15, 0.2) is 42.5 Å². The van der Waals surface area contributed by atoms with Crippen molar-refractivity contribution < 1.29 is 14.3 Å². The number of nitrogens with one attached hydrogen (secondary N) is 1. The van der Waals surface area contributed by atoms with Gasteiger partial charge in [0.2, 0.25) is 0 Å². The van der Waals surface area contributed by atoms with Crippen LogP contribution in [-0.4, -0.2) is 18.6 Å².